The molecule has 1 aliphatic rings. The summed E-state index contributed by atoms with van der Waals surface area (Å²) in [4.78, 5) is 19.6. The van der Waals surface area contributed by atoms with E-state index >= 15 is 0 Å². The second-order valence-electron chi connectivity index (χ2n) is 6.60. The molecule has 1 aromatic carbocycles. The van der Waals surface area contributed by atoms with E-state index < -0.39 is 0 Å². The Bertz CT molecular complexity index is 687. The zero-order chi connectivity index (χ0) is 17.5. The van der Waals surface area contributed by atoms with Crippen molar-refractivity contribution < 1.29 is 4.79 Å². The number of anilines is 1. The lowest BCUT2D eigenvalue weighted by atomic mass is 9.94. The van der Waals surface area contributed by atoms with Crippen molar-refractivity contribution in [2.75, 3.05) is 18.4 Å². The predicted molar refractivity (Wildman–Crippen MR) is 102 cm³/mol. The van der Waals surface area contributed by atoms with E-state index in [0.717, 1.165) is 62.1 Å². The Balaban J connectivity index is 1.85. The Kier molecular flexibility index (Phi) is 6.04. The maximum Gasteiger partial charge on any atom is 0.254 e. The minimum absolute atomic E-state index is 0.0966. The van der Waals surface area contributed by atoms with Gasteiger partial charge in [-0.25, -0.2) is 4.98 Å². The molecule has 2 aromatic rings. The molecule has 1 amide bonds. The Morgan fingerprint density at radius 2 is 2.04 bits per heavy atom. The number of nitrogens with one attached hydrogen (secondary N) is 1. The Hall–Kier alpha value is -2.36. The average Bonchev–Trinajstić information content (AvgIpc) is 2.69. The van der Waals surface area contributed by atoms with Gasteiger partial charge in [0.05, 0.1) is 6.04 Å². The zero-order valence-electron chi connectivity index (χ0n) is 14.9. The van der Waals surface area contributed by atoms with Crippen LogP contribution < -0.4 is 5.32 Å². The molecule has 0 bridgehead atoms. The highest BCUT2D eigenvalue weighted by Gasteiger charge is 2.30. The van der Waals surface area contributed by atoms with Crippen LogP contribution in [-0.4, -0.2) is 28.9 Å². The topological polar surface area (TPSA) is 45.2 Å². The lowest BCUT2D eigenvalue weighted by molar-refractivity contribution is 0.0612. The Morgan fingerprint density at radius 3 is 2.84 bits per heavy atom. The van der Waals surface area contributed by atoms with Crippen molar-refractivity contribution >= 4 is 11.7 Å². The first-order valence-corrected chi connectivity index (χ1v) is 9.36. The fraction of sp³-hybridized carbons (Fsp3) is 0.429. The van der Waals surface area contributed by atoms with Gasteiger partial charge in [-0.15, -0.1) is 0 Å². The number of likely N-dealkylation sites (tertiary alicyclic amines) is 1. The largest absolute Gasteiger partial charge is 0.370 e. The van der Waals surface area contributed by atoms with Crippen molar-refractivity contribution in [3.63, 3.8) is 0 Å². The van der Waals surface area contributed by atoms with Gasteiger partial charge < -0.3 is 10.2 Å². The first-order chi connectivity index (χ1) is 12.3. The lowest BCUT2D eigenvalue weighted by Gasteiger charge is -2.36. The molecule has 0 spiro atoms. The maximum absolute atomic E-state index is 13.0. The van der Waals surface area contributed by atoms with Crippen LogP contribution in [-0.2, 0) is 0 Å². The molecule has 0 saturated carbocycles. The van der Waals surface area contributed by atoms with Crippen LogP contribution in [0.1, 0.15) is 61.0 Å². The molecule has 0 radical (unpaired) electrons. The van der Waals surface area contributed by atoms with Crippen LogP contribution in [0.2, 0.25) is 0 Å². The Labute approximate surface area is 150 Å². The molecule has 1 unspecified atom stereocenters. The van der Waals surface area contributed by atoms with Crippen LogP contribution in [0.3, 0.4) is 0 Å². The van der Waals surface area contributed by atoms with Gasteiger partial charge in [0.15, 0.2) is 0 Å². The number of rotatable bonds is 6. The molecule has 2 heterocycles. The summed E-state index contributed by atoms with van der Waals surface area (Å²) in [6.45, 7) is 3.91. The summed E-state index contributed by atoms with van der Waals surface area (Å²) < 4.78 is 0. The third kappa shape index (κ3) is 4.19. The first-order valence-electron chi connectivity index (χ1n) is 9.36. The molecule has 0 aliphatic carbocycles. The molecule has 4 nitrogen and oxygen atoms in total. The number of carbonyl (C=O) groups is 1. The van der Waals surface area contributed by atoms with E-state index in [0.29, 0.717) is 0 Å². The fourth-order valence-electron chi connectivity index (χ4n) is 3.46. The number of pyridine rings is 1. The SMILES string of the molecule is CCCCNc1ncccc1C1CCCCN1C(=O)c1ccccc1. The van der Waals surface area contributed by atoms with E-state index in [4.69, 9.17) is 0 Å². The van der Waals surface area contributed by atoms with Crippen LogP contribution in [0.25, 0.3) is 0 Å². The predicted octanol–water partition coefficient (Wildman–Crippen LogP) is 4.66. The number of unbranched alkanes of at least 4 members (excludes halogenated alkanes) is 1. The first kappa shape index (κ1) is 17.5. The van der Waals surface area contributed by atoms with E-state index in [1.807, 2.05) is 47.5 Å². The van der Waals surface area contributed by atoms with E-state index in [2.05, 4.69) is 23.3 Å². The van der Waals surface area contributed by atoms with Gasteiger partial charge in [-0.3, -0.25) is 4.79 Å². The van der Waals surface area contributed by atoms with E-state index in [-0.39, 0.29) is 11.9 Å². The number of hydrogen-bond acceptors (Lipinski definition) is 3. The van der Waals surface area contributed by atoms with Gasteiger partial charge in [-0.05, 0) is 43.9 Å². The summed E-state index contributed by atoms with van der Waals surface area (Å²) in [5.74, 6) is 1.04. The number of benzene rings is 1. The number of hydrogen-bond donors (Lipinski definition) is 1. The summed E-state index contributed by atoms with van der Waals surface area (Å²) in [5.41, 5.74) is 1.90. The van der Waals surface area contributed by atoms with Crippen molar-refractivity contribution in [3.05, 3.63) is 59.8 Å². The van der Waals surface area contributed by atoms with Gasteiger partial charge in [0.2, 0.25) is 0 Å². The summed E-state index contributed by atoms with van der Waals surface area (Å²) in [5, 5.41) is 3.46. The van der Waals surface area contributed by atoms with Crippen LogP contribution in [0.5, 0.6) is 0 Å². The molecular formula is C21H27N3O. The van der Waals surface area contributed by atoms with Crippen LogP contribution in [0.15, 0.2) is 48.7 Å². The summed E-state index contributed by atoms with van der Waals surface area (Å²) in [6.07, 6.45) is 7.29. The summed E-state index contributed by atoms with van der Waals surface area (Å²) >= 11 is 0. The molecule has 4 heteroatoms. The third-order valence-electron chi connectivity index (χ3n) is 4.81. The standard InChI is InChI=1S/C21H27N3O/c1-2-3-14-22-20-18(12-9-15-23-20)19-13-7-8-16-24(19)21(25)17-10-5-4-6-11-17/h4-6,9-12,15,19H,2-3,7-8,13-14,16H2,1H3,(H,22,23). The molecule has 1 fully saturated rings. The maximum atomic E-state index is 13.0. The van der Waals surface area contributed by atoms with Gasteiger partial charge >= 0.3 is 0 Å². The molecule has 1 aromatic heterocycles. The molecule has 25 heavy (non-hydrogen) atoms. The monoisotopic (exact) mass is 337 g/mol. The highest BCUT2D eigenvalue weighted by molar-refractivity contribution is 5.94. The van der Waals surface area contributed by atoms with Crippen molar-refractivity contribution in [2.24, 2.45) is 0 Å². The number of amides is 1. The molecule has 1 aliphatic heterocycles. The van der Waals surface area contributed by atoms with Gasteiger partial charge in [0.25, 0.3) is 5.91 Å². The van der Waals surface area contributed by atoms with Crippen molar-refractivity contribution in [3.8, 4) is 0 Å². The van der Waals surface area contributed by atoms with E-state index in [1.54, 1.807) is 0 Å². The number of nitrogens with zero attached hydrogens (tertiary/aromatic N) is 2. The van der Waals surface area contributed by atoms with E-state index in [1.165, 1.54) is 0 Å². The molecule has 132 valence electrons. The molecule has 1 saturated heterocycles. The van der Waals surface area contributed by atoms with Crippen molar-refractivity contribution in [2.45, 2.75) is 45.1 Å². The third-order valence-corrected chi connectivity index (χ3v) is 4.81. The fourth-order valence-corrected chi connectivity index (χ4v) is 3.46. The number of piperidine rings is 1. The van der Waals surface area contributed by atoms with Gasteiger partial charge in [-0.2, -0.15) is 0 Å². The smallest absolute Gasteiger partial charge is 0.254 e. The van der Waals surface area contributed by atoms with Crippen LogP contribution in [0.4, 0.5) is 5.82 Å². The van der Waals surface area contributed by atoms with Gasteiger partial charge in [0, 0.05) is 30.4 Å². The second kappa shape index (κ2) is 8.65. The second-order valence-corrected chi connectivity index (χ2v) is 6.60. The Morgan fingerprint density at radius 1 is 1.20 bits per heavy atom. The van der Waals surface area contributed by atoms with Crippen molar-refractivity contribution in [1.82, 2.24) is 9.88 Å². The minimum Gasteiger partial charge on any atom is -0.370 e. The van der Waals surface area contributed by atoms with Crippen LogP contribution >= 0.6 is 0 Å². The molecule has 1 atom stereocenters. The van der Waals surface area contributed by atoms with Crippen molar-refractivity contribution in [1.29, 1.82) is 0 Å². The molecule has 3 rings (SSSR count). The van der Waals surface area contributed by atoms with Gasteiger partial charge in [0.1, 0.15) is 5.82 Å². The molecular weight excluding hydrogens is 310 g/mol. The normalized spacial score (nSPS) is 17.3. The van der Waals surface area contributed by atoms with E-state index in [9.17, 15) is 4.79 Å². The van der Waals surface area contributed by atoms with Gasteiger partial charge in [-0.1, -0.05) is 37.6 Å². The highest BCUT2D eigenvalue weighted by atomic mass is 16.2. The quantitative estimate of drug-likeness (QED) is 0.780. The molecule has 1 N–H and O–H groups in total. The lowest BCUT2D eigenvalue weighted by Crippen LogP contribution is -2.38. The van der Waals surface area contributed by atoms with Crippen LogP contribution in [0, 0.1) is 0 Å². The zero-order valence-corrected chi connectivity index (χ0v) is 14.9. The minimum atomic E-state index is 0.0966. The average molecular weight is 337 g/mol. The number of carbonyl (C=O) groups excluding carboxylic acids is 1. The number of aromatic nitrogens is 1. The highest BCUT2D eigenvalue weighted by Crippen LogP contribution is 2.35. The summed E-state index contributed by atoms with van der Waals surface area (Å²) in [6, 6.07) is 13.8. The summed E-state index contributed by atoms with van der Waals surface area (Å²) in [7, 11) is 0.